The first kappa shape index (κ1) is 17.2. The fourth-order valence-corrected chi connectivity index (χ4v) is 4.94. The molecule has 5 heteroatoms. The zero-order valence-electron chi connectivity index (χ0n) is 15.5. The first-order valence-corrected chi connectivity index (χ1v) is 9.80. The molecule has 3 heterocycles. The van der Waals surface area contributed by atoms with E-state index in [2.05, 4.69) is 22.8 Å². The lowest BCUT2D eigenvalue weighted by Gasteiger charge is -2.33. The van der Waals surface area contributed by atoms with Crippen LogP contribution in [-0.2, 0) is 22.7 Å². The molecule has 0 aromatic heterocycles. The summed E-state index contributed by atoms with van der Waals surface area (Å²) in [5.74, 6) is -0.197. The predicted molar refractivity (Wildman–Crippen MR) is 106 cm³/mol. The topological polar surface area (TPSA) is 61.4 Å². The van der Waals surface area contributed by atoms with Crippen molar-refractivity contribution in [3.05, 3.63) is 83.9 Å². The molecule has 2 aromatic carbocycles. The SMILES string of the molecule is O=C(NCc1ccccc1)[C@@H]1N(Cc2ccccc2)C(=O)[C@H]2CC3C=CC21N3. The van der Waals surface area contributed by atoms with Crippen molar-refractivity contribution in [2.75, 3.05) is 0 Å². The van der Waals surface area contributed by atoms with E-state index in [1.165, 1.54) is 0 Å². The average Bonchev–Trinajstić information content (AvgIpc) is 3.37. The van der Waals surface area contributed by atoms with Gasteiger partial charge in [0.1, 0.15) is 6.04 Å². The third kappa shape index (κ3) is 2.66. The summed E-state index contributed by atoms with van der Waals surface area (Å²) in [6.07, 6.45) is 4.93. The highest BCUT2D eigenvalue weighted by Crippen LogP contribution is 2.48. The molecule has 2 fully saturated rings. The molecule has 3 aliphatic rings. The molecule has 1 spiro atoms. The van der Waals surface area contributed by atoms with Crippen LogP contribution in [0.15, 0.2) is 72.8 Å². The molecule has 0 saturated carbocycles. The van der Waals surface area contributed by atoms with E-state index >= 15 is 0 Å². The number of carbonyl (C=O) groups excluding carboxylic acids is 2. The second kappa shape index (κ2) is 6.60. The summed E-state index contributed by atoms with van der Waals surface area (Å²) in [5.41, 5.74) is 1.49. The van der Waals surface area contributed by atoms with E-state index in [1.54, 1.807) is 4.90 Å². The standard InChI is InChI=1S/C23H23N3O2/c27-21(24-14-16-7-3-1-4-8-16)20-23-12-11-18(25-23)13-19(23)22(28)26(20)15-17-9-5-2-6-10-17/h1-12,18-20,25H,13-15H2,(H,24,27)/t18?,19-,20+,23?/m1/s1. The molecule has 2 unspecified atom stereocenters. The van der Waals surface area contributed by atoms with Crippen molar-refractivity contribution in [3.63, 3.8) is 0 Å². The van der Waals surface area contributed by atoms with E-state index in [1.807, 2.05) is 60.7 Å². The maximum atomic E-state index is 13.3. The molecule has 3 aliphatic heterocycles. The minimum atomic E-state index is -0.586. The van der Waals surface area contributed by atoms with E-state index in [0.29, 0.717) is 13.1 Å². The average molecular weight is 373 g/mol. The lowest BCUT2D eigenvalue weighted by Crippen LogP contribution is -2.58. The van der Waals surface area contributed by atoms with Gasteiger partial charge in [0.15, 0.2) is 0 Å². The first-order chi connectivity index (χ1) is 13.7. The predicted octanol–water partition coefficient (Wildman–Crippen LogP) is 2.00. The van der Waals surface area contributed by atoms with E-state index in [0.717, 1.165) is 17.5 Å². The van der Waals surface area contributed by atoms with E-state index in [4.69, 9.17) is 0 Å². The third-order valence-corrected chi connectivity index (χ3v) is 6.20. The lowest BCUT2D eigenvalue weighted by atomic mass is 9.80. The second-order valence-electron chi connectivity index (χ2n) is 7.89. The molecule has 5 rings (SSSR count). The quantitative estimate of drug-likeness (QED) is 0.788. The number of fused-ring (bicyclic) bond motifs is 1. The van der Waals surface area contributed by atoms with Crippen LogP contribution in [0, 0.1) is 5.92 Å². The Morgan fingerprint density at radius 2 is 1.75 bits per heavy atom. The number of nitrogens with one attached hydrogen (secondary N) is 2. The van der Waals surface area contributed by atoms with Crippen LogP contribution in [-0.4, -0.2) is 34.3 Å². The summed E-state index contributed by atoms with van der Waals surface area (Å²) in [5, 5.41) is 6.60. The van der Waals surface area contributed by atoms with Gasteiger partial charge in [0.25, 0.3) is 0 Å². The summed E-state index contributed by atoms with van der Waals surface area (Å²) in [7, 11) is 0. The normalized spacial score (nSPS) is 29.9. The monoisotopic (exact) mass is 373 g/mol. The molecule has 4 atom stereocenters. The van der Waals surface area contributed by atoms with E-state index in [-0.39, 0.29) is 23.8 Å². The van der Waals surface area contributed by atoms with Gasteiger partial charge < -0.3 is 10.2 Å². The summed E-state index contributed by atoms with van der Waals surface area (Å²) in [6, 6.07) is 19.4. The number of rotatable bonds is 5. The Balaban J connectivity index is 1.43. The van der Waals surface area contributed by atoms with Crippen LogP contribution in [0.5, 0.6) is 0 Å². The maximum absolute atomic E-state index is 13.3. The lowest BCUT2D eigenvalue weighted by molar-refractivity contribution is -0.137. The largest absolute Gasteiger partial charge is 0.350 e. The number of likely N-dealkylation sites (tertiary alicyclic amines) is 1. The fourth-order valence-electron chi connectivity index (χ4n) is 4.94. The molecule has 0 radical (unpaired) electrons. The van der Waals surface area contributed by atoms with Crippen LogP contribution < -0.4 is 10.6 Å². The highest BCUT2D eigenvalue weighted by Gasteiger charge is 2.66. The minimum Gasteiger partial charge on any atom is -0.350 e. The number of nitrogens with zero attached hydrogens (tertiary/aromatic N) is 1. The highest BCUT2D eigenvalue weighted by molar-refractivity contribution is 5.96. The molecule has 142 valence electrons. The van der Waals surface area contributed by atoms with Gasteiger partial charge in [-0.05, 0) is 17.5 Å². The van der Waals surface area contributed by atoms with Gasteiger partial charge in [-0.25, -0.2) is 0 Å². The minimum absolute atomic E-state index is 0.0723. The van der Waals surface area contributed by atoms with Crippen molar-refractivity contribution in [2.24, 2.45) is 5.92 Å². The zero-order valence-corrected chi connectivity index (χ0v) is 15.5. The van der Waals surface area contributed by atoms with Crippen molar-refractivity contribution in [1.29, 1.82) is 0 Å². The van der Waals surface area contributed by atoms with Gasteiger partial charge in [0.2, 0.25) is 11.8 Å². The van der Waals surface area contributed by atoms with Gasteiger partial charge in [-0.15, -0.1) is 0 Å². The van der Waals surface area contributed by atoms with Gasteiger partial charge >= 0.3 is 0 Å². The van der Waals surface area contributed by atoms with Crippen molar-refractivity contribution in [1.82, 2.24) is 15.5 Å². The van der Waals surface area contributed by atoms with Crippen molar-refractivity contribution in [3.8, 4) is 0 Å². The number of hydrogen-bond donors (Lipinski definition) is 2. The van der Waals surface area contributed by atoms with Crippen molar-refractivity contribution in [2.45, 2.75) is 37.1 Å². The van der Waals surface area contributed by atoms with Gasteiger partial charge in [-0.2, -0.15) is 0 Å². The Hall–Kier alpha value is -2.92. The molecular weight excluding hydrogens is 350 g/mol. The molecule has 2 aromatic rings. The Morgan fingerprint density at radius 3 is 2.43 bits per heavy atom. The molecule has 2 bridgehead atoms. The number of benzene rings is 2. The van der Waals surface area contributed by atoms with Crippen molar-refractivity contribution >= 4 is 11.8 Å². The highest BCUT2D eigenvalue weighted by atomic mass is 16.2. The van der Waals surface area contributed by atoms with Crippen LogP contribution in [0.25, 0.3) is 0 Å². The molecular formula is C23H23N3O2. The van der Waals surface area contributed by atoms with E-state index < -0.39 is 11.6 Å². The summed E-state index contributed by atoms with van der Waals surface area (Å²) in [4.78, 5) is 28.3. The molecule has 2 amide bonds. The number of carbonyl (C=O) groups is 2. The van der Waals surface area contributed by atoms with Crippen LogP contribution in [0.1, 0.15) is 17.5 Å². The summed E-state index contributed by atoms with van der Waals surface area (Å²) >= 11 is 0. The van der Waals surface area contributed by atoms with Gasteiger partial charge in [0, 0.05) is 19.1 Å². The van der Waals surface area contributed by atoms with Crippen LogP contribution >= 0.6 is 0 Å². The first-order valence-electron chi connectivity index (χ1n) is 9.80. The number of hydrogen-bond acceptors (Lipinski definition) is 3. The van der Waals surface area contributed by atoms with Crippen LogP contribution in [0.3, 0.4) is 0 Å². The molecule has 28 heavy (non-hydrogen) atoms. The van der Waals surface area contributed by atoms with Gasteiger partial charge in [0.05, 0.1) is 11.5 Å². The van der Waals surface area contributed by atoms with Gasteiger partial charge in [-0.3, -0.25) is 14.9 Å². The molecule has 5 nitrogen and oxygen atoms in total. The van der Waals surface area contributed by atoms with Crippen LogP contribution in [0.4, 0.5) is 0 Å². The summed E-state index contributed by atoms with van der Waals surface area (Å²) < 4.78 is 0. The molecule has 2 saturated heterocycles. The Kier molecular flexibility index (Phi) is 4.05. The number of amides is 2. The third-order valence-electron chi connectivity index (χ3n) is 6.20. The smallest absolute Gasteiger partial charge is 0.245 e. The Bertz CT molecular complexity index is 927. The van der Waals surface area contributed by atoms with Crippen LogP contribution in [0.2, 0.25) is 0 Å². The fraction of sp³-hybridized carbons (Fsp3) is 0.304. The Morgan fingerprint density at radius 1 is 1.07 bits per heavy atom. The summed E-state index contributed by atoms with van der Waals surface area (Å²) in [6.45, 7) is 0.902. The molecule has 2 N–H and O–H groups in total. The Labute approximate surface area is 164 Å². The van der Waals surface area contributed by atoms with Crippen molar-refractivity contribution < 1.29 is 9.59 Å². The van der Waals surface area contributed by atoms with E-state index in [9.17, 15) is 9.59 Å². The maximum Gasteiger partial charge on any atom is 0.245 e. The zero-order chi connectivity index (χ0) is 19.1. The van der Waals surface area contributed by atoms with Gasteiger partial charge in [-0.1, -0.05) is 72.8 Å². The molecule has 0 aliphatic carbocycles. The second-order valence-corrected chi connectivity index (χ2v) is 7.89.